The minimum absolute atomic E-state index is 0.102. The highest BCUT2D eigenvalue weighted by Gasteiger charge is 2.34. The molecule has 0 atom stereocenters. The van der Waals surface area contributed by atoms with Crippen molar-refractivity contribution >= 4 is 11.8 Å². The third-order valence-corrected chi connectivity index (χ3v) is 4.62. The van der Waals surface area contributed by atoms with Gasteiger partial charge in [0.15, 0.2) is 0 Å². The molecule has 0 saturated carbocycles. The summed E-state index contributed by atoms with van der Waals surface area (Å²) in [6.07, 6.45) is 0.614. The zero-order valence-corrected chi connectivity index (χ0v) is 15.6. The summed E-state index contributed by atoms with van der Waals surface area (Å²) < 4.78 is 39.1. The van der Waals surface area contributed by atoms with E-state index in [0.717, 1.165) is 17.3 Å². The molecule has 150 valence electrons. The van der Waals surface area contributed by atoms with Crippen molar-refractivity contribution in [3.05, 3.63) is 54.4 Å². The molecule has 0 amide bonds. The van der Waals surface area contributed by atoms with Crippen molar-refractivity contribution in [3.63, 3.8) is 0 Å². The monoisotopic (exact) mass is 401 g/mol. The maximum Gasteiger partial charge on any atom is 0.433 e. The number of piperazine rings is 1. The minimum Gasteiger partial charge on any atom is -0.353 e. The topological polar surface area (TPSA) is 70.9 Å². The Morgan fingerprint density at radius 1 is 0.862 bits per heavy atom. The van der Waals surface area contributed by atoms with E-state index in [2.05, 4.69) is 24.9 Å². The first-order valence-corrected chi connectivity index (χ1v) is 9.06. The molecule has 0 unspecified atom stereocenters. The van der Waals surface area contributed by atoms with Crippen LogP contribution in [-0.2, 0) is 6.18 Å². The summed E-state index contributed by atoms with van der Waals surface area (Å²) in [7, 11) is 0. The van der Waals surface area contributed by atoms with E-state index in [4.69, 9.17) is 0 Å². The van der Waals surface area contributed by atoms with Crippen LogP contribution in [0.4, 0.5) is 24.9 Å². The molecule has 0 N–H and O–H groups in total. The van der Waals surface area contributed by atoms with E-state index in [9.17, 15) is 13.2 Å². The molecule has 1 saturated heterocycles. The Morgan fingerprint density at radius 2 is 1.55 bits per heavy atom. The second kappa shape index (κ2) is 7.61. The Hall–Kier alpha value is -3.30. The van der Waals surface area contributed by atoms with Crippen LogP contribution in [0.15, 0.2) is 42.9 Å². The molecule has 1 fully saturated rings. The van der Waals surface area contributed by atoms with Crippen LogP contribution in [0.5, 0.6) is 0 Å². The fourth-order valence-electron chi connectivity index (χ4n) is 3.18. The lowest BCUT2D eigenvalue weighted by atomic mass is 10.2. The number of alkyl halides is 3. The van der Waals surface area contributed by atoms with Crippen LogP contribution < -0.4 is 9.80 Å². The van der Waals surface area contributed by atoms with Gasteiger partial charge in [-0.3, -0.25) is 4.98 Å². The van der Waals surface area contributed by atoms with Crippen LogP contribution in [-0.4, -0.2) is 51.1 Å². The Kier molecular flexibility index (Phi) is 4.99. The molecule has 3 aromatic heterocycles. The number of hydrogen-bond donors (Lipinski definition) is 0. The summed E-state index contributed by atoms with van der Waals surface area (Å²) in [4.78, 5) is 24.5. The Morgan fingerprint density at radius 3 is 2.24 bits per heavy atom. The minimum atomic E-state index is -4.49. The number of anilines is 2. The number of aryl methyl sites for hydroxylation is 1. The second-order valence-electron chi connectivity index (χ2n) is 6.61. The van der Waals surface area contributed by atoms with Crippen molar-refractivity contribution in [2.24, 2.45) is 0 Å². The molecule has 0 spiro atoms. The molecule has 10 heteroatoms. The lowest BCUT2D eigenvalue weighted by molar-refractivity contribution is -0.141. The van der Waals surface area contributed by atoms with Crippen molar-refractivity contribution in [3.8, 4) is 11.3 Å². The first kappa shape index (κ1) is 19.0. The third-order valence-electron chi connectivity index (χ3n) is 4.62. The molecule has 29 heavy (non-hydrogen) atoms. The number of halogens is 3. The van der Waals surface area contributed by atoms with Gasteiger partial charge in [0.25, 0.3) is 0 Å². The Balaban J connectivity index is 1.49. The van der Waals surface area contributed by atoms with Crippen molar-refractivity contribution in [2.75, 3.05) is 36.0 Å². The van der Waals surface area contributed by atoms with E-state index in [-0.39, 0.29) is 11.6 Å². The van der Waals surface area contributed by atoms with E-state index in [1.165, 1.54) is 6.92 Å². The Bertz CT molecular complexity index is 987. The van der Waals surface area contributed by atoms with E-state index >= 15 is 0 Å². The third kappa shape index (κ3) is 4.25. The number of aromatic nitrogens is 5. The molecular formula is C19H18F3N7. The van der Waals surface area contributed by atoms with Gasteiger partial charge in [-0.1, -0.05) is 0 Å². The SMILES string of the molecule is Cc1nc(N2CCN(c3nccc(-c4ccncc4)n3)CC2)cc(C(F)(F)F)n1. The number of nitrogens with zero attached hydrogens (tertiary/aromatic N) is 7. The van der Waals surface area contributed by atoms with Gasteiger partial charge in [0.1, 0.15) is 17.3 Å². The van der Waals surface area contributed by atoms with Crippen LogP contribution in [0.25, 0.3) is 11.3 Å². The van der Waals surface area contributed by atoms with Crippen molar-refractivity contribution in [1.29, 1.82) is 0 Å². The molecule has 4 rings (SSSR count). The van der Waals surface area contributed by atoms with Gasteiger partial charge in [0.05, 0.1) is 5.69 Å². The molecule has 0 radical (unpaired) electrons. The summed E-state index contributed by atoms with van der Waals surface area (Å²) in [5.41, 5.74) is 0.815. The fraction of sp³-hybridized carbons (Fsp3) is 0.316. The zero-order valence-electron chi connectivity index (χ0n) is 15.6. The van der Waals surface area contributed by atoms with E-state index in [1.807, 2.05) is 28.0 Å². The lowest BCUT2D eigenvalue weighted by Crippen LogP contribution is -2.47. The molecule has 7 nitrogen and oxygen atoms in total. The molecule has 4 heterocycles. The lowest BCUT2D eigenvalue weighted by Gasteiger charge is -2.35. The fourth-order valence-corrected chi connectivity index (χ4v) is 3.18. The normalized spacial score (nSPS) is 14.9. The smallest absolute Gasteiger partial charge is 0.353 e. The van der Waals surface area contributed by atoms with Gasteiger partial charge < -0.3 is 9.80 Å². The van der Waals surface area contributed by atoms with Crippen molar-refractivity contribution in [1.82, 2.24) is 24.9 Å². The maximum absolute atomic E-state index is 13.0. The largest absolute Gasteiger partial charge is 0.433 e. The van der Waals surface area contributed by atoms with Gasteiger partial charge in [0, 0.05) is 56.4 Å². The summed E-state index contributed by atoms with van der Waals surface area (Å²) >= 11 is 0. The highest BCUT2D eigenvalue weighted by atomic mass is 19.4. The van der Waals surface area contributed by atoms with Gasteiger partial charge in [-0.15, -0.1) is 0 Å². The van der Waals surface area contributed by atoms with Crippen LogP contribution >= 0.6 is 0 Å². The zero-order chi connectivity index (χ0) is 20.4. The van der Waals surface area contributed by atoms with Gasteiger partial charge in [-0.05, 0) is 25.1 Å². The number of rotatable bonds is 3. The van der Waals surface area contributed by atoms with Crippen LogP contribution in [0.1, 0.15) is 11.5 Å². The number of hydrogen-bond acceptors (Lipinski definition) is 7. The quantitative estimate of drug-likeness (QED) is 0.668. The predicted molar refractivity (Wildman–Crippen MR) is 101 cm³/mol. The average molecular weight is 401 g/mol. The van der Waals surface area contributed by atoms with E-state index in [1.54, 1.807) is 18.6 Å². The van der Waals surface area contributed by atoms with Crippen LogP contribution in [0.2, 0.25) is 0 Å². The van der Waals surface area contributed by atoms with Crippen LogP contribution in [0.3, 0.4) is 0 Å². The molecule has 0 aromatic carbocycles. The molecule has 1 aliphatic heterocycles. The van der Waals surface area contributed by atoms with Gasteiger partial charge in [0.2, 0.25) is 5.95 Å². The van der Waals surface area contributed by atoms with Gasteiger partial charge in [-0.25, -0.2) is 19.9 Å². The summed E-state index contributed by atoms with van der Waals surface area (Å²) in [6, 6.07) is 6.58. The molecular weight excluding hydrogens is 383 g/mol. The van der Waals surface area contributed by atoms with Crippen LogP contribution in [0, 0.1) is 6.92 Å². The first-order chi connectivity index (χ1) is 13.9. The van der Waals surface area contributed by atoms with Gasteiger partial charge >= 0.3 is 6.18 Å². The van der Waals surface area contributed by atoms with Gasteiger partial charge in [-0.2, -0.15) is 13.2 Å². The van der Waals surface area contributed by atoms with Crippen molar-refractivity contribution < 1.29 is 13.2 Å². The summed E-state index contributed by atoms with van der Waals surface area (Å²) in [5.74, 6) is 0.982. The highest BCUT2D eigenvalue weighted by Crippen LogP contribution is 2.30. The first-order valence-electron chi connectivity index (χ1n) is 9.06. The molecule has 0 bridgehead atoms. The number of pyridine rings is 1. The average Bonchev–Trinajstić information content (AvgIpc) is 2.73. The summed E-state index contributed by atoms with van der Waals surface area (Å²) in [5, 5.41) is 0. The second-order valence-corrected chi connectivity index (χ2v) is 6.61. The predicted octanol–water partition coefficient (Wildman–Crippen LogP) is 2.98. The molecule has 0 aliphatic carbocycles. The van der Waals surface area contributed by atoms with E-state index < -0.39 is 11.9 Å². The Labute approximate surface area is 165 Å². The standard InChI is InChI=1S/C19H18F3N7/c1-13-25-16(19(20,21)22)12-17(26-13)28-8-10-29(11-9-28)18-24-7-4-15(27-18)14-2-5-23-6-3-14/h2-7,12H,8-11H2,1H3. The summed E-state index contributed by atoms with van der Waals surface area (Å²) in [6.45, 7) is 3.63. The van der Waals surface area contributed by atoms with Crippen molar-refractivity contribution in [2.45, 2.75) is 13.1 Å². The molecule has 1 aliphatic rings. The van der Waals surface area contributed by atoms with E-state index in [0.29, 0.717) is 32.1 Å². The highest BCUT2D eigenvalue weighted by molar-refractivity contribution is 5.59. The molecule has 3 aromatic rings. The maximum atomic E-state index is 13.0.